The second-order valence-electron chi connectivity index (χ2n) is 9.15. The van der Waals surface area contributed by atoms with Gasteiger partial charge in [-0.2, -0.15) is 0 Å². The van der Waals surface area contributed by atoms with Gasteiger partial charge < -0.3 is 5.32 Å². The van der Waals surface area contributed by atoms with E-state index in [0.29, 0.717) is 24.3 Å². The zero-order chi connectivity index (χ0) is 20.9. The van der Waals surface area contributed by atoms with Crippen LogP contribution in [0, 0.1) is 0 Å². The summed E-state index contributed by atoms with van der Waals surface area (Å²) in [5.41, 5.74) is 3.29. The van der Waals surface area contributed by atoms with Crippen molar-refractivity contribution in [2.24, 2.45) is 0 Å². The van der Waals surface area contributed by atoms with E-state index in [-0.39, 0.29) is 17.1 Å². The van der Waals surface area contributed by atoms with E-state index < -0.39 is 15.4 Å². The number of nitrogens with one attached hydrogen (secondary N) is 1. The van der Waals surface area contributed by atoms with Crippen molar-refractivity contribution in [2.75, 3.05) is 21.9 Å². The lowest BCUT2D eigenvalue weighted by Gasteiger charge is -2.21. The lowest BCUT2D eigenvalue weighted by molar-refractivity contribution is -0.118. The number of anilines is 2. The lowest BCUT2D eigenvalue weighted by atomic mass is 9.85. The molecule has 29 heavy (non-hydrogen) atoms. The molecule has 0 bridgehead atoms. The fraction of sp³-hybridized carbons (Fsp3) is 0.435. The number of sulfonamides is 1. The highest BCUT2D eigenvalue weighted by Crippen LogP contribution is 2.49. The molecule has 2 aromatic carbocycles. The van der Waals surface area contributed by atoms with Crippen molar-refractivity contribution in [3.8, 4) is 0 Å². The number of nitrogens with zero attached hydrogens (tertiary/aromatic N) is 1. The van der Waals surface area contributed by atoms with E-state index in [4.69, 9.17) is 0 Å². The first-order chi connectivity index (χ1) is 13.6. The van der Waals surface area contributed by atoms with Crippen molar-refractivity contribution in [2.45, 2.75) is 50.9 Å². The van der Waals surface area contributed by atoms with Gasteiger partial charge in [-0.3, -0.25) is 9.10 Å². The molecule has 1 amide bonds. The Morgan fingerprint density at radius 1 is 1.00 bits per heavy atom. The monoisotopic (exact) mass is 412 g/mol. The van der Waals surface area contributed by atoms with Crippen molar-refractivity contribution in [1.29, 1.82) is 0 Å². The number of hydrogen-bond donors (Lipinski definition) is 1. The first-order valence-corrected chi connectivity index (χ1v) is 11.8. The van der Waals surface area contributed by atoms with Crippen LogP contribution in [0.1, 0.15) is 51.2 Å². The predicted molar refractivity (Wildman–Crippen MR) is 117 cm³/mol. The van der Waals surface area contributed by atoms with Crippen molar-refractivity contribution in [1.82, 2.24) is 0 Å². The first kappa shape index (κ1) is 20.0. The Morgan fingerprint density at radius 3 is 2.10 bits per heavy atom. The molecular weight excluding hydrogens is 384 g/mol. The fourth-order valence-electron chi connectivity index (χ4n) is 3.95. The van der Waals surface area contributed by atoms with Gasteiger partial charge in [0.2, 0.25) is 15.9 Å². The summed E-state index contributed by atoms with van der Waals surface area (Å²) < 4.78 is 25.6. The molecule has 0 unspecified atom stereocenters. The van der Waals surface area contributed by atoms with Gasteiger partial charge in [0.15, 0.2) is 0 Å². The van der Waals surface area contributed by atoms with Crippen LogP contribution in [0.4, 0.5) is 11.4 Å². The predicted octanol–water partition coefficient (Wildman–Crippen LogP) is 4.19. The van der Waals surface area contributed by atoms with Crippen LogP contribution < -0.4 is 9.62 Å². The van der Waals surface area contributed by atoms with Crippen LogP contribution >= 0.6 is 0 Å². The Balaban J connectivity index is 1.48. The summed E-state index contributed by atoms with van der Waals surface area (Å²) in [7, 11) is -3.19. The Bertz CT molecular complexity index is 1020. The second-order valence-corrected chi connectivity index (χ2v) is 11.2. The van der Waals surface area contributed by atoms with Gasteiger partial charge in [-0.05, 0) is 60.1 Å². The Morgan fingerprint density at radius 2 is 1.62 bits per heavy atom. The first-order valence-electron chi connectivity index (χ1n) is 10.1. The molecule has 1 heterocycles. The average molecular weight is 413 g/mol. The van der Waals surface area contributed by atoms with Gasteiger partial charge in [0.1, 0.15) is 0 Å². The maximum Gasteiger partial charge on any atom is 0.235 e. The number of rotatable bonds is 4. The molecule has 1 N–H and O–H groups in total. The molecule has 154 valence electrons. The van der Waals surface area contributed by atoms with Crippen LogP contribution in [0.25, 0.3) is 0 Å². The van der Waals surface area contributed by atoms with Gasteiger partial charge >= 0.3 is 0 Å². The second kappa shape index (κ2) is 6.87. The highest BCUT2D eigenvalue weighted by molar-refractivity contribution is 7.93. The number of carbonyl (C=O) groups is 1. The highest BCUT2D eigenvalue weighted by Gasteiger charge is 2.51. The molecule has 0 spiro atoms. The van der Waals surface area contributed by atoms with E-state index in [1.165, 1.54) is 9.87 Å². The summed E-state index contributed by atoms with van der Waals surface area (Å²) in [5.74, 6) is 0.199. The summed E-state index contributed by atoms with van der Waals surface area (Å²) in [6.45, 7) is 7.05. The average Bonchev–Trinajstić information content (AvgIpc) is 3.40. The highest BCUT2D eigenvalue weighted by atomic mass is 32.2. The Hall–Kier alpha value is -2.34. The molecular formula is C23H28N2O3S. The van der Waals surface area contributed by atoms with Crippen molar-refractivity contribution < 1.29 is 13.2 Å². The van der Waals surface area contributed by atoms with Crippen LogP contribution in [0.5, 0.6) is 0 Å². The third-order valence-corrected chi connectivity index (χ3v) is 7.87. The molecule has 4 rings (SSSR count). The Labute approximate surface area is 173 Å². The van der Waals surface area contributed by atoms with Gasteiger partial charge in [-0.25, -0.2) is 8.42 Å². The van der Waals surface area contributed by atoms with E-state index >= 15 is 0 Å². The number of carbonyl (C=O) groups excluding carboxylic acids is 1. The lowest BCUT2D eigenvalue weighted by Crippen LogP contribution is -2.28. The molecule has 1 saturated carbocycles. The van der Waals surface area contributed by atoms with Crippen LogP contribution in [0.3, 0.4) is 0 Å². The third kappa shape index (κ3) is 3.78. The molecule has 2 aliphatic rings. The summed E-state index contributed by atoms with van der Waals surface area (Å²) in [6.07, 6.45) is 2.34. The van der Waals surface area contributed by atoms with E-state index in [1.807, 2.05) is 0 Å². The van der Waals surface area contributed by atoms with Gasteiger partial charge in [0.05, 0.1) is 16.9 Å². The summed E-state index contributed by atoms with van der Waals surface area (Å²) in [6, 6.07) is 15.5. The molecule has 6 heteroatoms. The zero-order valence-corrected chi connectivity index (χ0v) is 18.1. The molecule has 1 saturated heterocycles. The maximum absolute atomic E-state index is 13.0. The van der Waals surface area contributed by atoms with Crippen molar-refractivity contribution in [3.63, 3.8) is 0 Å². The molecule has 2 aromatic rings. The van der Waals surface area contributed by atoms with Crippen LogP contribution in [-0.2, 0) is 25.6 Å². The van der Waals surface area contributed by atoms with Crippen LogP contribution in [0.15, 0.2) is 48.5 Å². The number of hydrogen-bond acceptors (Lipinski definition) is 3. The van der Waals surface area contributed by atoms with Gasteiger partial charge in [0.25, 0.3) is 0 Å². The summed E-state index contributed by atoms with van der Waals surface area (Å²) in [5, 5.41) is 3.02. The SMILES string of the molecule is CC(C)(C)c1ccc(C2(C(=O)Nc3ccc(N4CCCS4(=O)=O)cc3)CC2)cc1. The maximum atomic E-state index is 13.0. The quantitative estimate of drug-likeness (QED) is 0.819. The third-order valence-electron chi connectivity index (χ3n) is 6.00. The normalized spacial score (nSPS) is 19.8. The summed E-state index contributed by atoms with van der Waals surface area (Å²) in [4.78, 5) is 13.0. The molecule has 1 aliphatic heterocycles. The van der Waals surface area contributed by atoms with Crippen LogP contribution in [0.2, 0.25) is 0 Å². The smallest absolute Gasteiger partial charge is 0.235 e. The topological polar surface area (TPSA) is 66.5 Å². The van der Waals surface area contributed by atoms with E-state index in [2.05, 4.69) is 50.4 Å². The number of amides is 1. The van der Waals surface area contributed by atoms with Crippen molar-refractivity contribution in [3.05, 3.63) is 59.7 Å². The minimum Gasteiger partial charge on any atom is -0.325 e. The summed E-state index contributed by atoms with van der Waals surface area (Å²) >= 11 is 0. The number of benzene rings is 2. The van der Waals surface area contributed by atoms with Gasteiger partial charge in [-0.15, -0.1) is 0 Å². The molecule has 0 aromatic heterocycles. The van der Waals surface area contributed by atoms with Crippen LogP contribution in [-0.4, -0.2) is 26.6 Å². The molecule has 2 fully saturated rings. The zero-order valence-electron chi connectivity index (χ0n) is 17.2. The van der Waals surface area contributed by atoms with E-state index in [0.717, 1.165) is 18.4 Å². The molecule has 0 atom stereocenters. The fourth-order valence-corrected chi connectivity index (χ4v) is 5.52. The molecule has 0 radical (unpaired) electrons. The minimum atomic E-state index is -3.19. The molecule has 1 aliphatic carbocycles. The minimum absolute atomic E-state index is 0.00236. The standard InChI is InChI=1S/C23H28N2O3S/c1-22(2,3)17-5-7-18(8-6-17)23(13-14-23)21(26)24-19-9-11-20(12-10-19)25-15-4-16-29(25,27)28/h5-12H,4,13-16H2,1-3H3,(H,24,26). The Kier molecular flexibility index (Phi) is 4.73. The van der Waals surface area contributed by atoms with Gasteiger partial charge in [-0.1, -0.05) is 45.0 Å². The molecule has 5 nitrogen and oxygen atoms in total. The van der Waals surface area contributed by atoms with E-state index in [1.54, 1.807) is 24.3 Å². The largest absolute Gasteiger partial charge is 0.325 e. The van der Waals surface area contributed by atoms with Crippen molar-refractivity contribution >= 4 is 27.3 Å². The van der Waals surface area contributed by atoms with Gasteiger partial charge in [0, 0.05) is 12.2 Å². The van der Waals surface area contributed by atoms with E-state index in [9.17, 15) is 13.2 Å².